The maximum absolute atomic E-state index is 10.9. The fraction of sp³-hybridized carbons (Fsp3) is 0.462. The quantitative estimate of drug-likeness (QED) is 0.784. The van der Waals surface area contributed by atoms with E-state index in [1.807, 2.05) is 24.3 Å². The Morgan fingerprint density at radius 3 is 2.72 bits per heavy atom. The van der Waals surface area contributed by atoms with Crippen LogP contribution in [0.15, 0.2) is 24.3 Å². The summed E-state index contributed by atoms with van der Waals surface area (Å²) in [6.07, 6.45) is 0.550. The molecule has 1 saturated heterocycles. The molecule has 2 rings (SSSR count). The van der Waals surface area contributed by atoms with Crippen molar-refractivity contribution in [2.45, 2.75) is 37.8 Å². The third-order valence-corrected chi connectivity index (χ3v) is 3.88. The van der Waals surface area contributed by atoms with Gasteiger partial charge in [0, 0.05) is 16.5 Å². The van der Waals surface area contributed by atoms with Crippen LogP contribution in [0.1, 0.15) is 25.8 Å². The molecule has 2 atom stereocenters. The van der Waals surface area contributed by atoms with E-state index in [4.69, 9.17) is 16.7 Å². The van der Waals surface area contributed by atoms with E-state index >= 15 is 0 Å². The number of aliphatic carboxylic acids is 1. The van der Waals surface area contributed by atoms with Crippen LogP contribution in [0.5, 0.6) is 0 Å². The largest absolute Gasteiger partial charge is 0.480 e. The predicted molar refractivity (Wildman–Crippen MR) is 70.6 cm³/mol. The number of halogens is 1. The zero-order valence-electron chi connectivity index (χ0n) is 10.4. The first-order valence-electron chi connectivity index (χ1n) is 5.91. The van der Waals surface area contributed by atoms with Gasteiger partial charge in [0.05, 0.1) is 0 Å². The highest BCUT2D eigenvalue weighted by molar-refractivity contribution is 6.30. The number of hydrogen-bond donors (Lipinski definition) is 3. The van der Waals surface area contributed by atoms with Crippen LogP contribution in [0.3, 0.4) is 0 Å². The Balaban J connectivity index is 2.19. The molecule has 98 valence electrons. The van der Waals surface area contributed by atoms with Crippen molar-refractivity contribution < 1.29 is 9.90 Å². The van der Waals surface area contributed by atoms with Crippen molar-refractivity contribution in [3.05, 3.63) is 34.9 Å². The van der Waals surface area contributed by atoms with Gasteiger partial charge in [0.25, 0.3) is 0 Å². The second kappa shape index (κ2) is 4.88. The van der Waals surface area contributed by atoms with Crippen LogP contribution in [-0.2, 0) is 10.2 Å². The summed E-state index contributed by atoms with van der Waals surface area (Å²) < 4.78 is 0. The summed E-state index contributed by atoms with van der Waals surface area (Å²) in [5, 5.41) is 9.68. The van der Waals surface area contributed by atoms with E-state index in [1.165, 1.54) is 0 Å². The average Bonchev–Trinajstić information content (AvgIpc) is 2.79. The van der Waals surface area contributed by atoms with Gasteiger partial charge in [0.15, 0.2) is 0 Å². The zero-order valence-corrected chi connectivity index (χ0v) is 11.2. The van der Waals surface area contributed by atoms with E-state index in [2.05, 4.69) is 24.7 Å². The Labute approximate surface area is 111 Å². The van der Waals surface area contributed by atoms with Crippen molar-refractivity contribution in [3.8, 4) is 0 Å². The molecule has 4 nitrogen and oxygen atoms in total. The molecule has 0 spiro atoms. The molecule has 0 bridgehead atoms. The summed E-state index contributed by atoms with van der Waals surface area (Å²) in [6.45, 7) is 4.17. The fourth-order valence-electron chi connectivity index (χ4n) is 2.28. The standard InChI is InChI=1S/C13H17ClN2O2/c1-13(2,8-4-3-5-9(14)6-8)11-7-10(12(17)18)15-16-11/h3-6,10-11,15-16H,7H2,1-2H3,(H,17,18). The summed E-state index contributed by atoms with van der Waals surface area (Å²) in [7, 11) is 0. The highest BCUT2D eigenvalue weighted by Gasteiger charge is 2.39. The van der Waals surface area contributed by atoms with Gasteiger partial charge in [0.2, 0.25) is 0 Å². The Kier molecular flexibility index (Phi) is 3.61. The van der Waals surface area contributed by atoms with Crippen molar-refractivity contribution in [2.75, 3.05) is 0 Å². The third kappa shape index (κ3) is 2.51. The lowest BCUT2D eigenvalue weighted by atomic mass is 9.76. The van der Waals surface area contributed by atoms with E-state index < -0.39 is 12.0 Å². The number of hydrazine groups is 1. The van der Waals surface area contributed by atoms with Crippen LogP contribution in [-0.4, -0.2) is 23.2 Å². The van der Waals surface area contributed by atoms with Gasteiger partial charge in [0.1, 0.15) is 6.04 Å². The maximum atomic E-state index is 10.9. The van der Waals surface area contributed by atoms with E-state index in [0.29, 0.717) is 11.4 Å². The molecule has 0 saturated carbocycles. The van der Waals surface area contributed by atoms with Crippen LogP contribution in [0.4, 0.5) is 0 Å². The first kappa shape index (κ1) is 13.3. The molecule has 1 aliphatic rings. The highest BCUT2D eigenvalue weighted by Crippen LogP contribution is 2.32. The first-order valence-corrected chi connectivity index (χ1v) is 6.29. The Morgan fingerprint density at radius 2 is 2.17 bits per heavy atom. The highest BCUT2D eigenvalue weighted by atomic mass is 35.5. The molecule has 18 heavy (non-hydrogen) atoms. The number of carboxylic acids is 1. The van der Waals surface area contributed by atoms with E-state index in [9.17, 15) is 4.79 Å². The summed E-state index contributed by atoms with van der Waals surface area (Å²) in [6, 6.07) is 7.21. The Bertz CT molecular complexity index is 462. The van der Waals surface area contributed by atoms with Crippen LogP contribution < -0.4 is 10.9 Å². The van der Waals surface area contributed by atoms with E-state index in [-0.39, 0.29) is 11.5 Å². The number of carbonyl (C=O) groups is 1. The molecule has 1 aliphatic heterocycles. The molecule has 1 aromatic carbocycles. The van der Waals surface area contributed by atoms with Gasteiger partial charge in [-0.25, -0.2) is 5.43 Å². The van der Waals surface area contributed by atoms with Crippen LogP contribution >= 0.6 is 11.6 Å². The molecule has 1 aromatic rings. The van der Waals surface area contributed by atoms with Crippen LogP contribution in [0.25, 0.3) is 0 Å². The fourth-order valence-corrected chi connectivity index (χ4v) is 2.47. The van der Waals surface area contributed by atoms with Crippen molar-refractivity contribution in [3.63, 3.8) is 0 Å². The van der Waals surface area contributed by atoms with Gasteiger partial charge in [-0.15, -0.1) is 0 Å². The molecular formula is C13H17ClN2O2. The second-order valence-electron chi connectivity index (χ2n) is 5.20. The third-order valence-electron chi connectivity index (χ3n) is 3.64. The molecule has 0 aliphatic carbocycles. The first-order chi connectivity index (χ1) is 8.41. The molecule has 5 heteroatoms. The lowest BCUT2D eigenvalue weighted by Crippen LogP contribution is -2.44. The van der Waals surface area contributed by atoms with Crippen molar-refractivity contribution >= 4 is 17.6 Å². The number of benzene rings is 1. The lowest BCUT2D eigenvalue weighted by molar-refractivity contribution is -0.139. The molecule has 2 unspecified atom stereocenters. The van der Waals surface area contributed by atoms with Gasteiger partial charge in [-0.2, -0.15) is 0 Å². The normalized spacial score (nSPS) is 24.2. The SMILES string of the molecule is CC(C)(c1cccc(Cl)c1)C1CC(C(=O)O)NN1. The number of carboxylic acid groups (broad SMARTS) is 1. The zero-order chi connectivity index (χ0) is 13.3. The number of hydrogen-bond acceptors (Lipinski definition) is 3. The number of nitrogens with one attached hydrogen (secondary N) is 2. The topological polar surface area (TPSA) is 61.4 Å². The van der Waals surface area contributed by atoms with Gasteiger partial charge in [-0.1, -0.05) is 37.6 Å². The molecule has 3 N–H and O–H groups in total. The molecule has 0 amide bonds. The van der Waals surface area contributed by atoms with Crippen LogP contribution in [0.2, 0.25) is 5.02 Å². The average molecular weight is 269 g/mol. The second-order valence-corrected chi connectivity index (χ2v) is 5.64. The van der Waals surface area contributed by atoms with E-state index in [0.717, 1.165) is 5.56 Å². The summed E-state index contributed by atoms with van der Waals surface area (Å²) in [5.74, 6) is -0.827. The minimum absolute atomic E-state index is 0.0528. The summed E-state index contributed by atoms with van der Waals surface area (Å²) >= 11 is 6.01. The Morgan fingerprint density at radius 1 is 1.44 bits per heavy atom. The molecule has 0 aromatic heterocycles. The van der Waals surface area contributed by atoms with Crippen LogP contribution in [0, 0.1) is 0 Å². The monoisotopic (exact) mass is 268 g/mol. The summed E-state index contributed by atoms with van der Waals surface area (Å²) in [4.78, 5) is 10.9. The Hall–Kier alpha value is -1.10. The molecule has 0 radical (unpaired) electrons. The van der Waals surface area contributed by atoms with Crippen molar-refractivity contribution in [1.29, 1.82) is 0 Å². The molecular weight excluding hydrogens is 252 g/mol. The van der Waals surface area contributed by atoms with Gasteiger partial charge < -0.3 is 5.11 Å². The van der Waals surface area contributed by atoms with Crippen molar-refractivity contribution in [1.82, 2.24) is 10.9 Å². The van der Waals surface area contributed by atoms with Gasteiger partial charge in [-0.3, -0.25) is 10.2 Å². The van der Waals surface area contributed by atoms with Gasteiger partial charge in [-0.05, 0) is 24.1 Å². The lowest BCUT2D eigenvalue weighted by Gasteiger charge is -2.32. The van der Waals surface area contributed by atoms with Crippen molar-refractivity contribution in [2.24, 2.45) is 0 Å². The summed E-state index contributed by atoms with van der Waals surface area (Å²) in [5.41, 5.74) is 6.79. The minimum atomic E-state index is -0.827. The molecule has 1 fully saturated rings. The maximum Gasteiger partial charge on any atom is 0.322 e. The minimum Gasteiger partial charge on any atom is -0.480 e. The predicted octanol–water partition coefficient (Wildman–Crippen LogP) is 1.94. The van der Waals surface area contributed by atoms with E-state index in [1.54, 1.807) is 0 Å². The molecule has 1 heterocycles. The number of rotatable bonds is 3. The smallest absolute Gasteiger partial charge is 0.322 e. The van der Waals surface area contributed by atoms with Gasteiger partial charge >= 0.3 is 5.97 Å².